The van der Waals surface area contributed by atoms with Gasteiger partial charge < -0.3 is 10.1 Å². The number of nitrogens with zero attached hydrogens (tertiary/aromatic N) is 4. The van der Waals surface area contributed by atoms with E-state index in [1.54, 1.807) is 36.8 Å². The van der Waals surface area contributed by atoms with E-state index in [9.17, 15) is 4.79 Å². The van der Waals surface area contributed by atoms with Crippen molar-refractivity contribution in [3.63, 3.8) is 0 Å². The normalized spacial score (nSPS) is 10.8. The summed E-state index contributed by atoms with van der Waals surface area (Å²) in [5, 5.41) is 15.1. The summed E-state index contributed by atoms with van der Waals surface area (Å²) < 4.78 is 8.04. The Morgan fingerprint density at radius 2 is 1.85 bits per heavy atom. The van der Waals surface area contributed by atoms with Crippen molar-refractivity contribution in [3.05, 3.63) is 83.9 Å². The Kier molecular flexibility index (Phi) is 6.20. The lowest BCUT2D eigenvalue weighted by Crippen LogP contribution is -2.10. The molecule has 1 amide bonds. The molecule has 0 aliphatic carbocycles. The topological polar surface area (TPSA) is 81.9 Å². The number of anilines is 1. The molecule has 5 rings (SSSR count). The quantitative estimate of drug-likeness (QED) is 0.307. The Bertz CT molecular complexity index is 1360. The van der Waals surface area contributed by atoms with Gasteiger partial charge in [0.25, 0.3) is 5.91 Å². The number of carbonyl (C=O) groups is 1. The molecule has 0 fully saturated rings. The highest BCUT2D eigenvalue weighted by Gasteiger charge is 2.19. The predicted molar refractivity (Wildman–Crippen MR) is 132 cm³/mol. The minimum absolute atomic E-state index is 0.169. The van der Waals surface area contributed by atoms with E-state index in [2.05, 4.69) is 20.5 Å². The van der Waals surface area contributed by atoms with Gasteiger partial charge in [-0.25, -0.2) is 4.98 Å². The molecule has 10 heteroatoms. The molecule has 0 atom stereocenters. The lowest BCUT2D eigenvalue weighted by Gasteiger charge is -2.09. The van der Waals surface area contributed by atoms with Crippen LogP contribution in [0.1, 0.15) is 10.4 Å². The number of benzene rings is 2. The molecule has 0 radical (unpaired) electrons. The number of aromatic nitrogens is 4. The van der Waals surface area contributed by atoms with Crippen molar-refractivity contribution in [2.24, 2.45) is 0 Å². The van der Waals surface area contributed by atoms with E-state index in [1.165, 1.54) is 23.1 Å². The first kappa shape index (κ1) is 21.4. The number of thiazole rings is 1. The smallest absolute Gasteiger partial charge is 0.256 e. The zero-order valence-electron chi connectivity index (χ0n) is 17.3. The van der Waals surface area contributed by atoms with Crippen LogP contribution in [0.15, 0.2) is 87.8 Å². The highest BCUT2D eigenvalue weighted by Crippen LogP contribution is 2.37. The monoisotopic (exact) mass is 491 g/mol. The van der Waals surface area contributed by atoms with E-state index < -0.39 is 0 Å². The zero-order valence-corrected chi connectivity index (χ0v) is 19.8. The average molecular weight is 492 g/mol. The molecule has 3 heterocycles. The van der Waals surface area contributed by atoms with E-state index in [4.69, 9.17) is 4.74 Å². The maximum Gasteiger partial charge on any atom is 0.256 e. The molecule has 0 unspecified atom stereocenters. The van der Waals surface area contributed by atoms with Crippen molar-refractivity contribution in [2.45, 2.75) is 9.50 Å². The fourth-order valence-electron chi connectivity index (χ4n) is 3.08. The number of carbonyl (C=O) groups excluding carboxylic acids is 1. The molecule has 0 saturated carbocycles. The number of amides is 1. The van der Waals surface area contributed by atoms with E-state index in [0.29, 0.717) is 15.7 Å². The van der Waals surface area contributed by atoms with Gasteiger partial charge in [0, 0.05) is 5.56 Å². The number of hydrogen-bond donors (Lipinski definition) is 1. The van der Waals surface area contributed by atoms with Crippen LogP contribution in [0.25, 0.3) is 16.4 Å². The summed E-state index contributed by atoms with van der Waals surface area (Å²) in [6, 6.07) is 20.8. The van der Waals surface area contributed by atoms with Crippen LogP contribution in [0.4, 0.5) is 5.00 Å². The standard InChI is InChI=1S/C23H17N5O2S3/c1-30-17-11-9-16(10-12-17)28-20(18-8-5-13-31-18)26-27-22(28)33-23-24-14-19(32-23)25-21(29)15-6-3-2-4-7-15/h2-14H,1H3,(H,25,29). The number of thiophene rings is 1. The van der Waals surface area contributed by atoms with Crippen molar-refractivity contribution >= 4 is 45.3 Å². The molecule has 5 aromatic rings. The Labute approximate surface area is 202 Å². The third-order valence-electron chi connectivity index (χ3n) is 4.64. The van der Waals surface area contributed by atoms with Crippen LogP contribution < -0.4 is 10.1 Å². The molecule has 1 N–H and O–H groups in total. The predicted octanol–water partition coefficient (Wildman–Crippen LogP) is 5.86. The highest BCUT2D eigenvalue weighted by atomic mass is 32.2. The molecule has 7 nitrogen and oxygen atoms in total. The Hall–Kier alpha value is -3.47. The second-order valence-electron chi connectivity index (χ2n) is 6.73. The van der Waals surface area contributed by atoms with Crippen molar-refractivity contribution in [1.29, 1.82) is 0 Å². The van der Waals surface area contributed by atoms with Gasteiger partial charge in [-0.2, -0.15) is 0 Å². The summed E-state index contributed by atoms with van der Waals surface area (Å²) in [4.78, 5) is 17.9. The first-order valence-electron chi connectivity index (χ1n) is 9.85. The van der Waals surface area contributed by atoms with Crippen LogP contribution in [-0.4, -0.2) is 32.8 Å². The molecule has 0 aliphatic rings. The van der Waals surface area contributed by atoms with Crippen LogP contribution in [0, 0.1) is 0 Å². The van der Waals surface area contributed by atoms with Gasteiger partial charge in [0.1, 0.15) is 10.8 Å². The maximum atomic E-state index is 12.4. The first-order valence-corrected chi connectivity index (χ1v) is 12.4. The average Bonchev–Trinajstić information content (AvgIpc) is 3.61. The summed E-state index contributed by atoms with van der Waals surface area (Å²) >= 11 is 4.39. The van der Waals surface area contributed by atoms with Gasteiger partial charge >= 0.3 is 0 Å². The van der Waals surface area contributed by atoms with Crippen molar-refractivity contribution in [3.8, 4) is 22.1 Å². The SMILES string of the molecule is COc1ccc(-n2c(Sc3ncc(NC(=O)c4ccccc4)s3)nnc2-c2cccs2)cc1. The third-order valence-corrected chi connectivity index (χ3v) is 7.44. The molecule has 164 valence electrons. The van der Waals surface area contributed by atoms with Gasteiger partial charge in [-0.1, -0.05) is 35.6 Å². The lowest BCUT2D eigenvalue weighted by molar-refractivity contribution is 0.102. The summed E-state index contributed by atoms with van der Waals surface area (Å²) in [6.07, 6.45) is 1.65. The van der Waals surface area contributed by atoms with Crippen molar-refractivity contribution in [1.82, 2.24) is 19.7 Å². The molecule has 3 aromatic heterocycles. The molecular formula is C23H17N5O2S3. The second-order valence-corrected chi connectivity index (χ2v) is 9.92. The molecule has 0 saturated heterocycles. The minimum atomic E-state index is -0.169. The summed E-state index contributed by atoms with van der Waals surface area (Å²) in [6.45, 7) is 0. The summed E-state index contributed by atoms with van der Waals surface area (Å²) in [5.41, 5.74) is 1.51. The third kappa shape index (κ3) is 4.68. The lowest BCUT2D eigenvalue weighted by atomic mass is 10.2. The molecule has 0 bridgehead atoms. The number of hydrogen-bond acceptors (Lipinski definition) is 8. The van der Waals surface area contributed by atoms with Crippen LogP contribution in [0.3, 0.4) is 0 Å². The maximum absolute atomic E-state index is 12.4. The van der Waals surface area contributed by atoms with E-state index in [-0.39, 0.29) is 5.91 Å². The highest BCUT2D eigenvalue weighted by molar-refractivity contribution is 8.01. The van der Waals surface area contributed by atoms with Gasteiger partial charge in [-0.3, -0.25) is 9.36 Å². The van der Waals surface area contributed by atoms with Gasteiger partial charge in [-0.05, 0) is 59.6 Å². The molecule has 33 heavy (non-hydrogen) atoms. The first-order chi connectivity index (χ1) is 16.2. The van der Waals surface area contributed by atoms with Crippen LogP contribution >= 0.6 is 34.4 Å². The van der Waals surface area contributed by atoms with Gasteiger partial charge in [0.2, 0.25) is 5.16 Å². The zero-order chi connectivity index (χ0) is 22.6. The number of methoxy groups -OCH3 is 1. The summed E-state index contributed by atoms with van der Waals surface area (Å²) in [5.74, 6) is 1.36. The van der Waals surface area contributed by atoms with Gasteiger partial charge in [0.05, 0.1) is 23.9 Å². The Morgan fingerprint density at radius 3 is 2.58 bits per heavy atom. The van der Waals surface area contributed by atoms with Crippen molar-refractivity contribution < 1.29 is 9.53 Å². The second kappa shape index (κ2) is 9.57. The Morgan fingerprint density at radius 1 is 1.03 bits per heavy atom. The van der Waals surface area contributed by atoms with E-state index >= 15 is 0 Å². The number of nitrogens with one attached hydrogen (secondary N) is 1. The fourth-order valence-corrected chi connectivity index (χ4v) is 5.61. The molecule has 2 aromatic carbocycles. The summed E-state index contributed by atoms with van der Waals surface area (Å²) in [7, 11) is 1.64. The molecular weight excluding hydrogens is 474 g/mol. The number of ether oxygens (including phenoxy) is 1. The van der Waals surface area contributed by atoms with Gasteiger partial charge in [0.15, 0.2) is 10.2 Å². The van der Waals surface area contributed by atoms with Gasteiger partial charge in [-0.15, -0.1) is 21.5 Å². The number of rotatable bonds is 7. The van der Waals surface area contributed by atoms with Crippen LogP contribution in [0.2, 0.25) is 0 Å². The minimum Gasteiger partial charge on any atom is -0.497 e. The molecule has 0 spiro atoms. The van der Waals surface area contributed by atoms with Crippen molar-refractivity contribution in [2.75, 3.05) is 12.4 Å². The van der Waals surface area contributed by atoms with Crippen LogP contribution in [0.5, 0.6) is 5.75 Å². The largest absolute Gasteiger partial charge is 0.497 e. The van der Waals surface area contributed by atoms with Crippen LogP contribution in [-0.2, 0) is 0 Å². The Balaban J connectivity index is 1.42. The van der Waals surface area contributed by atoms with E-state index in [0.717, 1.165) is 26.5 Å². The van der Waals surface area contributed by atoms with E-state index in [1.807, 2.05) is 64.5 Å². The molecule has 0 aliphatic heterocycles. The fraction of sp³-hybridized carbons (Fsp3) is 0.0435.